The minimum absolute atomic E-state index is 0.110. The molecule has 2 rings (SSSR count). The molecule has 5 nitrogen and oxygen atoms in total. The lowest BCUT2D eigenvalue weighted by Crippen LogP contribution is -2.29. The van der Waals surface area contributed by atoms with E-state index in [1.165, 1.54) is 0 Å². The molecule has 1 aromatic heterocycles. The van der Waals surface area contributed by atoms with Crippen molar-refractivity contribution in [2.24, 2.45) is 0 Å². The first kappa shape index (κ1) is 12.1. The lowest BCUT2D eigenvalue weighted by Gasteiger charge is -2.26. The number of hydrogen-bond donors (Lipinski definition) is 1. The zero-order chi connectivity index (χ0) is 12.3. The molecular formula is C12H18N2O3. The van der Waals surface area contributed by atoms with Crippen LogP contribution in [0.3, 0.4) is 0 Å². The molecule has 1 saturated heterocycles. The van der Waals surface area contributed by atoms with Crippen LogP contribution in [-0.2, 0) is 11.2 Å². The number of aryl methyl sites for hydroxylation is 1. The largest absolute Gasteiger partial charge is 0.481 e. The number of carbonyl (C=O) groups is 1. The average molecular weight is 238 g/mol. The Morgan fingerprint density at radius 2 is 2.29 bits per heavy atom. The number of nitrogens with zero attached hydrogens (tertiary/aromatic N) is 2. The topological polar surface area (TPSA) is 66.6 Å². The van der Waals surface area contributed by atoms with E-state index in [2.05, 4.69) is 16.9 Å². The Bertz CT molecular complexity index is 381. The fourth-order valence-electron chi connectivity index (χ4n) is 2.12. The van der Waals surface area contributed by atoms with Gasteiger partial charge in [0.25, 0.3) is 0 Å². The highest BCUT2D eigenvalue weighted by Crippen LogP contribution is 2.26. The van der Waals surface area contributed by atoms with Crippen LogP contribution in [0, 0.1) is 0 Å². The van der Waals surface area contributed by atoms with E-state index in [0.717, 1.165) is 37.5 Å². The lowest BCUT2D eigenvalue weighted by molar-refractivity contribution is -0.136. The minimum Gasteiger partial charge on any atom is -0.481 e. The van der Waals surface area contributed by atoms with Crippen LogP contribution in [0.15, 0.2) is 10.7 Å². The molecule has 0 aliphatic carbocycles. The smallest absolute Gasteiger partial charge is 0.303 e. The van der Waals surface area contributed by atoms with Gasteiger partial charge in [0, 0.05) is 12.3 Å². The molecule has 5 heteroatoms. The number of carboxylic acid groups (broad SMARTS) is 1. The van der Waals surface area contributed by atoms with Crippen LogP contribution in [0.25, 0.3) is 0 Å². The van der Waals surface area contributed by atoms with Gasteiger partial charge in [-0.1, -0.05) is 0 Å². The molecule has 0 amide bonds. The fraction of sp³-hybridized carbons (Fsp3) is 0.667. The summed E-state index contributed by atoms with van der Waals surface area (Å²) < 4.78 is 5.45. The maximum atomic E-state index is 10.5. The molecule has 0 atom stereocenters. The molecule has 1 aromatic rings. The van der Waals surface area contributed by atoms with E-state index in [9.17, 15) is 4.79 Å². The standard InChI is InChI=1S/C12H18N2O3/c1-14-6-4-9(5-7-14)12-13-10(8-17-12)2-3-11(15)16/h8-9H,2-7H2,1H3,(H,15,16). The van der Waals surface area contributed by atoms with Crippen molar-refractivity contribution in [1.29, 1.82) is 0 Å². The first-order valence-corrected chi connectivity index (χ1v) is 6.00. The monoisotopic (exact) mass is 238 g/mol. The Hall–Kier alpha value is -1.36. The third kappa shape index (κ3) is 3.30. The summed E-state index contributed by atoms with van der Waals surface area (Å²) >= 11 is 0. The SMILES string of the molecule is CN1CCC(c2nc(CCC(=O)O)co2)CC1. The van der Waals surface area contributed by atoms with E-state index < -0.39 is 5.97 Å². The van der Waals surface area contributed by atoms with Gasteiger partial charge in [-0.05, 0) is 33.0 Å². The highest BCUT2D eigenvalue weighted by molar-refractivity contribution is 5.66. The summed E-state index contributed by atoms with van der Waals surface area (Å²) in [5.41, 5.74) is 0.751. The summed E-state index contributed by atoms with van der Waals surface area (Å²) in [5.74, 6) is 0.372. The molecule has 0 radical (unpaired) electrons. The van der Waals surface area contributed by atoms with Crippen LogP contribution in [-0.4, -0.2) is 41.1 Å². The van der Waals surface area contributed by atoms with Gasteiger partial charge in [-0.15, -0.1) is 0 Å². The normalized spacial score (nSPS) is 18.4. The Morgan fingerprint density at radius 1 is 1.59 bits per heavy atom. The van der Waals surface area contributed by atoms with Gasteiger partial charge in [0.2, 0.25) is 0 Å². The van der Waals surface area contributed by atoms with Crippen LogP contribution >= 0.6 is 0 Å². The van der Waals surface area contributed by atoms with Gasteiger partial charge in [-0.3, -0.25) is 4.79 Å². The Balaban J connectivity index is 1.91. The molecule has 0 bridgehead atoms. The number of hydrogen-bond acceptors (Lipinski definition) is 4. The van der Waals surface area contributed by atoms with E-state index in [1.807, 2.05) is 0 Å². The predicted octanol–water partition coefficient (Wildman–Crippen LogP) is 1.50. The molecular weight excluding hydrogens is 220 g/mol. The van der Waals surface area contributed by atoms with Gasteiger partial charge in [0.15, 0.2) is 5.89 Å². The summed E-state index contributed by atoms with van der Waals surface area (Å²) in [6.45, 7) is 2.13. The van der Waals surface area contributed by atoms with Crippen molar-refractivity contribution >= 4 is 5.97 Å². The Labute approximate surface area is 100 Å². The molecule has 2 heterocycles. The molecule has 17 heavy (non-hydrogen) atoms. The number of likely N-dealkylation sites (tertiary alicyclic amines) is 1. The van der Waals surface area contributed by atoms with Crippen molar-refractivity contribution < 1.29 is 14.3 Å². The van der Waals surface area contributed by atoms with Gasteiger partial charge in [-0.25, -0.2) is 4.98 Å². The van der Waals surface area contributed by atoms with E-state index in [1.54, 1.807) is 6.26 Å². The van der Waals surface area contributed by atoms with Gasteiger partial charge in [0.05, 0.1) is 12.1 Å². The number of aliphatic carboxylic acids is 1. The second kappa shape index (κ2) is 5.31. The molecule has 0 unspecified atom stereocenters. The van der Waals surface area contributed by atoms with Crippen molar-refractivity contribution in [1.82, 2.24) is 9.88 Å². The van der Waals surface area contributed by atoms with Crippen LogP contribution in [0.1, 0.15) is 36.8 Å². The molecule has 94 valence electrons. The first-order valence-electron chi connectivity index (χ1n) is 6.00. The zero-order valence-electron chi connectivity index (χ0n) is 10.1. The zero-order valence-corrected chi connectivity index (χ0v) is 10.1. The third-order valence-electron chi connectivity index (χ3n) is 3.23. The molecule has 0 saturated carbocycles. The van der Waals surface area contributed by atoms with Crippen LogP contribution < -0.4 is 0 Å². The van der Waals surface area contributed by atoms with Crippen molar-refractivity contribution in [3.8, 4) is 0 Å². The lowest BCUT2D eigenvalue weighted by atomic mass is 9.97. The van der Waals surface area contributed by atoms with Crippen molar-refractivity contribution in [3.05, 3.63) is 17.8 Å². The van der Waals surface area contributed by atoms with E-state index in [0.29, 0.717) is 12.3 Å². The number of carboxylic acids is 1. The van der Waals surface area contributed by atoms with Crippen LogP contribution in [0.5, 0.6) is 0 Å². The number of oxazole rings is 1. The molecule has 0 spiro atoms. The van der Waals surface area contributed by atoms with Crippen molar-refractivity contribution in [3.63, 3.8) is 0 Å². The third-order valence-corrected chi connectivity index (χ3v) is 3.23. The molecule has 1 aliphatic rings. The molecule has 1 fully saturated rings. The van der Waals surface area contributed by atoms with Gasteiger partial charge < -0.3 is 14.4 Å². The van der Waals surface area contributed by atoms with E-state index in [4.69, 9.17) is 9.52 Å². The minimum atomic E-state index is -0.797. The predicted molar refractivity (Wildman–Crippen MR) is 61.9 cm³/mol. The highest BCUT2D eigenvalue weighted by Gasteiger charge is 2.22. The first-order chi connectivity index (χ1) is 8.15. The van der Waals surface area contributed by atoms with Crippen LogP contribution in [0.2, 0.25) is 0 Å². The van der Waals surface area contributed by atoms with Gasteiger partial charge in [-0.2, -0.15) is 0 Å². The second-order valence-corrected chi connectivity index (χ2v) is 4.65. The van der Waals surface area contributed by atoms with Crippen molar-refractivity contribution in [2.75, 3.05) is 20.1 Å². The van der Waals surface area contributed by atoms with E-state index in [-0.39, 0.29) is 6.42 Å². The fourth-order valence-corrected chi connectivity index (χ4v) is 2.12. The second-order valence-electron chi connectivity index (χ2n) is 4.65. The average Bonchev–Trinajstić information content (AvgIpc) is 2.76. The maximum absolute atomic E-state index is 10.5. The summed E-state index contributed by atoms with van der Waals surface area (Å²) in [4.78, 5) is 17.1. The molecule has 1 aliphatic heterocycles. The summed E-state index contributed by atoms with van der Waals surface area (Å²) in [7, 11) is 2.12. The van der Waals surface area contributed by atoms with Gasteiger partial charge in [0.1, 0.15) is 6.26 Å². The number of piperidine rings is 1. The summed E-state index contributed by atoms with van der Waals surface area (Å²) in [6, 6.07) is 0. The van der Waals surface area contributed by atoms with E-state index >= 15 is 0 Å². The van der Waals surface area contributed by atoms with Gasteiger partial charge >= 0.3 is 5.97 Å². The maximum Gasteiger partial charge on any atom is 0.303 e. The quantitative estimate of drug-likeness (QED) is 0.861. The van der Waals surface area contributed by atoms with Crippen LogP contribution in [0.4, 0.5) is 0 Å². The summed E-state index contributed by atoms with van der Waals surface area (Å²) in [5, 5.41) is 8.60. The highest BCUT2D eigenvalue weighted by atomic mass is 16.4. The Morgan fingerprint density at radius 3 is 2.94 bits per heavy atom. The Kier molecular flexibility index (Phi) is 3.78. The number of rotatable bonds is 4. The van der Waals surface area contributed by atoms with Crippen molar-refractivity contribution in [2.45, 2.75) is 31.6 Å². The molecule has 0 aromatic carbocycles. The number of aromatic nitrogens is 1. The summed E-state index contributed by atoms with van der Waals surface area (Å²) in [6.07, 6.45) is 4.28. The molecule has 1 N–H and O–H groups in total.